The van der Waals surface area contributed by atoms with Gasteiger partial charge in [-0.2, -0.15) is 0 Å². The smallest absolute Gasteiger partial charge is 0.00519 e. The molecule has 0 spiro atoms. The maximum absolute atomic E-state index is 3.79. The van der Waals surface area contributed by atoms with E-state index < -0.39 is 0 Å². The first-order chi connectivity index (χ1) is 4.41. The zero-order valence-corrected chi connectivity index (χ0v) is 6.45. The predicted molar refractivity (Wildman–Crippen MR) is 42.4 cm³/mol. The first kappa shape index (κ1) is 8.96. The minimum Gasteiger partial charge on any atom is -0.320 e. The summed E-state index contributed by atoms with van der Waals surface area (Å²) in [6.45, 7) is 4.95. The number of rotatable bonds is 6. The molecule has 0 fully saturated rings. The molecule has 0 saturated heterocycles. The van der Waals surface area contributed by atoms with Gasteiger partial charge in [-0.15, -0.1) is 0 Å². The van der Waals surface area contributed by atoms with Gasteiger partial charge < -0.3 is 5.32 Å². The van der Waals surface area contributed by atoms with E-state index >= 15 is 0 Å². The Hall–Kier alpha value is -0.0400. The molecule has 0 heterocycles. The molecule has 0 aliphatic heterocycles. The zero-order chi connectivity index (χ0) is 6.95. The van der Waals surface area contributed by atoms with Gasteiger partial charge in [-0.1, -0.05) is 32.6 Å². The largest absolute Gasteiger partial charge is 0.320 e. The monoisotopic (exact) mass is 128 g/mol. The highest BCUT2D eigenvalue weighted by Gasteiger charge is 1.85. The molecule has 1 nitrogen and oxygen atoms in total. The van der Waals surface area contributed by atoms with Gasteiger partial charge >= 0.3 is 0 Å². The van der Waals surface area contributed by atoms with Crippen LogP contribution < -0.4 is 5.32 Å². The van der Waals surface area contributed by atoms with Crippen LogP contribution in [-0.4, -0.2) is 13.6 Å². The van der Waals surface area contributed by atoms with Gasteiger partial charge in [-0.05, 0) is 20.0 Å². The van der Waals surface area contributed by atoms with E-state index in [2.05, 4.69) is 12.2 Å². The minimum atomic E-state index is 1.10. The van der Waals surface area contributed by atoms with E-state index in [0.29, 0.717) is 0 Å². The van der Waals surface area contributed by atoms with Crippen LogP contribution in [0.15, 0.2) is 0 Å². The topological polar surface area (TPSA) is 12.0 Å². The third-order valence-electron chi connectivity index (χ3n) is 1.43. The molecule has 0 aliphatic carbocycles. The molecular weight excluding hydrogens is 110 g/mol. The predicted octanol–water partition coefficient (Wildman–Crippen LogP) is 1.99. The quantitative estimate of drug-likeness (QED) is 0.539. The Morgan fingerprint density at radius 1 is 1.11 bits per heavy atom. The van der Waals surface area contributed by atoms with E-state index in [1.807, 2.05) is 7.05 Å². The first-order valence-electron chi connectivity index (χ1n) is 3.85. The van der Waals surface area contributed by atoms with Crippen molar-refractivity contribution in [1.82, 2.24) is 5.32 Å². The Morgan fingerprint density at radius 2 is 1.78 bits per heavy atom. The molecule has 9 heavy (non-hydrogen) atoms. The average molecular weight is 128 g/mol. The molecule has 55 valence electrons. The summed E-state index contributed by atoms with van der Waals surface area (Å²) in [5.41, 5.74) is 0. The van der Waals surface area contributed by atoms with Crippen LogP contribution in [0.25, 0.3) is 0 Å². The van der Waals surface area contributed by atoms with Crippen molar-refractivity contribution in [2.24, 2.45) is 0 Å². The average Bonchev–Trinajstić information content (AvgIpc) is 1.89. The maximum Gasteiger partial charge on any atom is -0.00519 e. The molecule has 0 aromatic carbocycles. The first-order valence-corrected chi connectivity index (χ1v) is 3.85. The van der Waals surface area contributed by atoms with E-state index in [4.69, 9.17) is 0 Å². The fourth-order valence-electron chi connectivity index (χ4n) is 0.832. The molecule has 0 amide bonds. The summed E-state index contributed by atoms with van der Waals surface area (Å²) in [7, 11) is 2.00. The summed E-state index contributed by atoms with van der Waals surface area (Å²) in [6, 6.07) is 0. The van der Waals surface area contributed by atoms with Crippen LogP contribution in [0, 0.1) is 6.92 Å². The van der Waals surface area contributed by atoms with Crippen molar-refractivity contribution in [3.8, 4) is 0 Å². The lowest BCUT2D eigenvalue weighted by Gasteiger charge is -1.97. The molecule has 0 unspecified atom stereocenters. The van der Waals surface area contributed by atoms with Gasteiger partial charge in [0.15, 0.2) is 0 Å². The highest BCUT2D eigenvalue weighted by atomic mass is 14.8. The van der Waals surface area contributed by atoms with Gasteiger partial charge in [0.25, 0.3) is 0 Å². The Bertz CT molecular complexity index is 37.8. The minimum absolute atomic E-state index is 1.10. The standard InChI is InChI=1S/C8H18N/c1-3-4-5-6-7-8-9-2/h9H,1,3-8H2,2H3. The highest BCUT2D eigenvalue weighted by Crippen LogP contribution is 2.00. The van der Waals surface area contributed by atoms with Crippen molar-refractivity contribution in [3.63, 3.8) is 0 Å². The fourth-order valence-corrected chi connectivity index (χ4v) is 0.832. The van der Waals surface area contributed by atoms with Gasteiger partial charge in [0.05, 0.1) is 0 Å². The van der Waals surface area contributed by atoms with Crippen molar-refractivity contribution < 1.29 is 0 Å². The third-order valence-corrected chi connectivity index (χ3v) is 1.43. The second kappa shape index (κ2) is 7.96. The van der Waals surface area contributed by atoms with Crippen LogP contribution >= 0.6 is 0 Å². The number of hydrogen-bond donors (Lipinski definition) is 1. The van der Waals surface area contributed by atoms with Crippen LogP contribution in [-0.2, 0) is 0 Å². The van der Waals surface area contributed by atoms with Crippen molar-refractivity contribution >= 4 is 0 Å². The van der Waals surface area contributed by atoms with E-state index in [1.54, 1.807) is 0 Å². The summed E-state index contributed by atoms with van der Waals surface area (Å²) in [4.78, 5) is 0. The molecule has 1 N–H and O–H groups in total. The molecule has 0 atom stereocenters. The molecule has 1 heteroatoms. The molecule has 0 aliphatic rings. The maximum atomic E-state index is 3.79. The molecule has 0 bridgehead atoms. The molecular formula is C8H18N. The van der Waals surface area contributed by atoms with E-state index in [0.717, 1.165) is 13.0 Å². The lowest BCUT2D eigenvalue weighted by atomic mass is 10.1. The fraction of sp³-hybridized carbons (Fsp3) is 0.875. The molecule has 0 saturated carbocycles. The van der Waals surface area contributed by atoms with E-state index in [1.165, 1.54) is 25.7 Å². The van der Waals surface area contributed by atoms with E-state index in [9.17, 15) is 0 Å². The van der Waals surface area contributed by atoms with Crippen LogP contribution in [0.5, 0.6) is 0 Å². The van der Waals surface area contributed by atoms with Gasteiger partial charge in [0.2, 0.25) is 0 Å². The van der Waals surface area contributed by atoms with Crippen molar-refractivity contribution in [1.29, 1.82) is 0 Å². The molecule has 0 rings (SSSR count). The van der Waals surface area contributed by atoms with Crippen LogP contribution in [0.1, 0.15) is 32.1 Å². The van der Waals surface area contributed by atoms with Crippen LogP contribution in [0.2, 0.25) is 0 Å². The summed E-state index contributed by atoms with van der Waals surface area (Å²) in [5.74, 6) is 0. The SMILES string of the molecule is [CH2]CCCCCCNC. The zero-order valence-electron chi connectivity index (χ0n) is 6.45. The lowest BCUT2D eigenvalue weighted by Crippen LogP contribution is -2.06. The molecule has 1 radical (unpaired) electrons. The summed E-state index contributed by atoms with van der Waals surface area (Å²) in [6.07, 6.45) is 6.42. The van der Waals surface area contributed by atoms with Crippen LogP contribution in [0.3, 0.4) is 0 Å². The summed E-state index contributed by atoms with van der Waals surface area (Å²) in [5, 5.41) is 3.13. The third kappa shape index (κ3) is 7.96. The van der Waals surface area contributed by atoms with Crippen LogP contribution in [0.4, 0.5) is 0 Å². The van der Waals surface area contributed by atoms with Crippen molar-refractivity contribution in [2.45, 2.75) is 32.1 Å². The normalized spacial score (nSPS) is 10.0. The Morgan fingerprint density at radius 3 is 2.33 bits per heavy atom. The molecule has 0 aromatic heterocycles. The Kier molecular flexibility index (Phi) is 7.92. The second-order valence-electron chi connectivity index (χ2n) is 2.37. The Balaban J connectivity index is 2.60. The number of unbranched alkanes of at least 4 members (excludes halogenated alkanes) is 4. The second-order valence-corrected chi connectivity index (χ2v) is 2.37. The number of nitrogens with one attached hydrogen (secondary N) is 1. The van der Waals surface area contributed by atoms with Gasteiger partial charge in [0.1, 0.15) is 0 Å². The van der Waals surface area contributed by atoms with E-state index in [-0.39, 0.29) is 0 Å². The Labute approximate surface area is 58.8 Å². The molecule has 0 aromatic rings. The van der Waals surface area contributed by atoms with Gasteiger partial charge in [-0.25, -0.2) is 0 Å². The summed E-state index contributed by atoms with van der Waals surface area (Å²) >= 11 is 0. The number of hydrogen-bond acceptors (Lipinski definition) is 1. The summed E-state index contributed by atoms with van der Waals surface area (Å²) < 4.78 is 0. The van der Waals surface area contributed by atoms with Crippen molar-refractivity contribution in [2.75, 3.05) is 13.6 Å². The van der Waals surface area contributed by atoms with Crippen molar-refractivity contribution in [3.05, 3.63) is 6.92 Å². The van der Waals surface area contributed by atoms with Gasteiger partial charge in [-0.3, -0.25) is 0 Å². The lowest BCUT2D eigenvalue weighted by molar-refractivity contribution is 0.620. The highest BCUT2D eigenvalue weighted by molar-refractivity contribution is 4.46. The van der Waals surface area contributed by atoms with Gasteiger partial charge in [0, 0.05) is 0 Å².